The summed E-state index contributed by atoms with van der Waals surface area (Å²) in [5.41, 5.74) is 3.64. The Morgan fingerprint density at radius 1 is 1.08 bits per heavy atom. The Kier molecular flexibility index (Phi) is 4.90. The molecule has 1 aliphatic heterocycles. The molecule has 128 valence electrons. The van der Waals surface area contributed by atoms with Crippen molar-refractivity contribution in [3.8, 4) is 0 Å². The van der Waals surface area contributed by atoms with Gasteiger partial charge in [0.05, 0.1) is 11.6 Å². The molecule has 0 aliphatic carbocycles. The number of benzene rings is 2. The molecule has 0 spiro atoms. The van der Waals surface area contributed by atoms with Gasteiger partial charge < -0.3 is 16.0 Å². The Labute approximate surface area is 154 Å². The number of anilines is 1. The van der Waals surface area contributed by atoms with Gasteiger partial charge in [-0.25, -0.2) is 4.79 Å². The summed E-state index contributed by atoms with van der Waals surface area (Å²) < 4.78 is 0.935. The first kappa shape index (κ1) is 17.2. The molecule has 1 aliphatic rings. The number of urea groups is 1. The van der Waals surface area contributed by atoms with Crippen LogP contribution < -0.4 is 16.0 Å². The van der Waals surface area contributed by atoms with Crippen molar-refractivity contribution in [2.24, 2.45) is 0 Å². The van der Waals surface area contributed by atoms with E-state index in [2.05, 4.69) is 31.9 Å². The van der Waals surface area contributed by atoms with Crippen LogP contribution in [0.3, 0.4) is 0 Å². The van der Waals surface area contributed by atoms with Crippen LogP contribution in [0.25, 0.3) is 0 Å². The van der Waals surface area contributed by atoms with Crippen molar-refractivity contribution in [2.75, 3.05) is 5.32 Å². The zero-order valence-electron chi connectivity index (χ0n) is 13.9. The first-order chi connectivity index (χ1) is 12.0. The minimum Gasteiger partial charge on any atom is -0.327 e. The third-order valence-corrected chi connectivity index (χ3v) is 4.64. The molecule has 5 nitrogen and oxygen atoms in total. The smallest absolute Gasteiger partial charge is 0.319 e. The molecule has 0 radical (unpaired) electrons. The van der Waals surface area contributed by atoms with E-state index in [1.807, 2.05) is 55.5 Å². The summed E-state index contributed by atoms with van der Waals surface area (Å²) in [5, 5.41) is 8.43. The van der Waals surface area contributed by atoms with E-state index < -0.39 is 6.04 Å². The Hall–Kier alpha value is -2.60. The molecule has 25 heavy (non-hydrogen) atoms. The third-order valence-electron chi connectivity index (χ3n) is 4.12. The van der Waals surface area contributed by atoms with Crippen molar-refractivity contribution < 1.29 is 9.59 Å². The topological polar surface area (TPSA) is 70.2 Å². The maximum Gasteiger partial charge on any atom is 0.319 e. The lowest BCUT2D eigenvalue weighted by atomic mass is 9.92. The molecule has 3 amide bonds. The summed E-state index contributed by atoms with van der Waals surface area (Å²) in [6, 6.07) is 14.2. The molecule has 0 unspecified atom stereocenters. The first-order valence-electron chi connectivity index (χ1n) is 7.86. The molecule has 6 heteroatoms. The van der Waals surface area contributed by atoms with Crippen molar-refractivity contribution in [3.05, 3.63) is 75.4 Å². The number of halogens is 1. The molecule has 0 aromatic heterocycles. The largest absolute Gasteiger partial charge is 0.327 e. The van der Waals surface area contributed by atoms with Crippen molar-refractivity contribution >= 4 is 33.6 Å². The van der Waals surface area contributed by atoms with Crippen LogP contribution in [0.4, 0.5) is 10.5 Å². The van der Waals surface area contributed by atoms with Crippen molar-refractivity contribution in [1.29, 1.82) is 0 Å². The maximum atomic E-state index is 12.9. The lowest BCUT2D eigenvalue weighted by Gasteiger charge is -2.29. The predicted molar refractivity (Wildman–Crippen MR) is 101 cm³/mol. The average Bonchev–Trinajstić information content (AvgIpc) is 2.56. The molecule has 1 atom stereocenters. The average molecular weight is 400 g/mol. The van der Waals surface area contributed by atoms with Gasteiger partial charge in [-0.05, 0) is 49.2 Å². The SMILES string of the molecule is CC1=C(C(=O)Nc2ccc(Br)cc2)[C@@H](c2ccccc2C)NC(=O)N1. The second kappa shape index (κ2) is 7.11. The molecule has 1 heterocycles. The molecule has 0 saturated carbocycles. The predicted octanol–water partition coefficient (Wildman–Crippen LogP) is 4.02. The fourth-order valence-corrected chi connectivity index (χ4v) is 3.13. The Morgan fingerprint density at radius 2 is 1.76 bits per heavy atom. The summed E-state index contributed by atoms with van der Waals surface area (Å²) in [4.78, 5) is 24.8. The van der Waals surface area contributed by atoms with E-state index in [4.69, 9.17) is 0 Å². The van der Waals surface area contributed by atoms with Crippen molar-refractivity contribution in [1.82, 2.24) is 10.6 Å². The number of allylic oxidation sites excluding steroid dienone is 1. The van der Waals surface area contributed by atoms with Crippen LogP contribution in [0.1, 0.15) is 24.1 Å². The molecule has 2 aromatic rings. The molecular formula is C19H18BrN3O2. The van der Waals surface area contributed by atoms with Crippen LogP contribution in [0.15, 0.2) is 64.3 Å². The van der Waals surface area contributed by atoms with Crippen LogP contribution in [-0.2, 0) is 4.79 Å². The summed E-state index contributed by atoms with van der Waals surface area (Å²) in [6.07, 6.45) is 0. The Bertz CT molecular complexity index is 859. The van der Waals surface area contributed by atoms with Gasteiger partial charge in [-0.15, -0.1) is 0 Å². The molecular weight excluding hydrogens is 382 g/mol. The lowest BCUT2D eigenvalue weighted by Crippen LogP contribution is -2.46. The molecule has 0 bridgehead atoms. The maximum absolute atomic E-state index is 12.9. The summed E-state index contributed by atoms with van der Waals surface area (Å²) >= 11 is 3.37. The summed E-state index contributed by atoms with van der Waals surface area (Å²) in [6.45, 7) is 3.70. The Balaban J connectivity index is 1.96. The number of nitrogens with one attached hydrogen (secondary N) is 3. The number of hydrogen-bond acceptors (Lipinski definition) is 2. The standard InChI is InChI=1S/C19H18BrN3O2/c1-11-5-3-4-6-15(11)17-16(12(2)21-19(25)23-17)18(24)22-14-9-7-13(20)8-10-14/h3-10,17H,1-2H3,(H,22,24)(H2,21,23,25)/t17-/m1/s1. The number of amides is 3. The van der Waals surface area contributed by atoms with E-state index in [1.165, 1.54) is 0 Å². The number of carbonyl (C=O) groups excluding carboxylic acids is 2. The quantitative estimate of drug-likeness (QED) is 0.728. The van der Waals surface area contributed by atoms with E-state index in [0.717, 1.165) is 15.6 Å². The zero-order chi connectivity index (χ0) is 18.0. The van der Waals surface area contributed by atoms with Crippen LogP contribution in [0.2, 0.25) is 0 Å². The number of aryl methyl sites for hydroxylation is 1. The van der Waals surface area contributed by atoms with Gasteiger partial charge in [0.1, 0.15) is 0 Å². The van der Waals surface area contributed by atoms with E-state index >= 15 is 0 Å². The number of hydrogen-bond donors (Lipinski definition) is 3. The van der Waals surface area contributed by atoms with Gasteiger partial charge in [0, 0.05) is 15.9 Å². The van der Waals surface area contributed by atoms with Gasteiger partial charge in [-0.3, -0.25) is 4.79 Å². The van der Waals surface area contributed by atoms with Crippen LogP contribution >= 0.6 is 15.9 Å². The molecule has 0 saturated heterocycles. The highest BCUT2D eigenvalue weighted by atomic mass is 79.9. The second-order valence-corrected chi connectivity index (χ2v) is 6.80. The van der Waals surface area contributed by atoms with Crippen LogP contribution in [0, 0.1) is 6.92 Å². The zero-order valence-corrected chi connectivity index (χ0v) is 15.5. The normalized spacial score (nSPS) is 16.9. The lowest BCUT2D eigenvalue weighted by molar-refractivity contribution is -0.113. The monoisotopic (exact) mass is 399 g/mol. The number of carbonyl (C=O) groups is 2. The second-order valence-electron chi connectivity index (χ2n) is 5.89. The van der Waals surface area contributed by atoms with Gasteiger partial charge in [0.25, 0.3) is 5.91 Å². The highest BCUT2D eigenvalue weighted by Crippen LogP contribution is 2.29. The minimum absolute atomic E-state index is 0.249. The van der Waals surface area contributed by atoms with E-state index in [9.17, 15) is 9.59 Å². The summed E-state index contributed by atoms with van der Waals surface area (Å²) in [5.74, 6) is -0.249. The fourth-order valence-electron chi connectivity index (χ4n) is 2.87. The van der Waals surface area contributed by atoms with Gasteiger partial charge >= 0.3 is 6.03 Å². The highest BCUT2D eigenvalue weighted by Gasteiger charge is 2.31. The van der Waals surface area contributed by atoms with Gasteiger partial charge in [-0.1, -0.05) is 40.2 Å². The van der Waals surface area contributed by atoms with E-state index in [0.29, 0.717) is 17.0 Å². The minimum atomic E-state index is -0.495. The van der Waals surface area contributed by atoms with Gasteiger partial charge in [0.2, 0.25) is 0 Å². The summed E-state index contributed by atoms with van der Waals surface area (Å²) in [7, 11) is 0. The van der Waals surface area contributed by atoms with E-state index in [-0.39, 0.29) is 11.9 Å². The molecule has 3 rings (SSSR count). The van der Waals surface area contributed by atoms with E-state index in [1.54, 1.807) is 6.92 Å². The van der Waals surface area contributed by atoms with Gasteiger partial charge in [-0.2, -0.15) is 0 Å². The third kappa shape index (κ3) is 3.74. The van der Waals surface area contributed by atoms with Crippen molar-refractivity contribution in [2.45, 2.75) is 19.9 Å². The van der Waals surface area contributed by atoms with Gasteiger partial charge in [0.15, 0.2) is 0 Å². The van der Waals surface area contributed by atoms with Crippen molar-refractivity contribution in [3.63, 3.8) is 0 Å². The number of rotatable bonds is 3. The highest BCUT2D eigenvalue weighted by molar-refractivity contribution is 9.10. The first-order valence-corrected chi connectivity index (χ1v) is 8.65. The fraction of sp³-hybridized carbons (Fsp3) is 0.158. The van der Waals surface area contributed by atoms with Crippen LogP contribution in [0.5, 0.6) is 0 Å². The molecule has 3 N–H and O–H groups in total. The van der Waals surface area contributed by atoms with Crippen LogP contribution in [-0.4, -0.2) is 11.9 Å². The molecule has 0 fully saturated rings. The molecule has 2 aromatic carbocycles. The Morgan fingerprint density at radius 3 is 2.44 bits per heavy atom.